The second kappa shape index (κ2) is 7.91. The average molecular weight is 445 g/mol. The van der Waals surface area contributed by atoms with Crippen molar-refractivity contribution >= 4 is 34.6 Å². The number of fused-ring (bicyclic) bond motifs is 1. The van der Waals surface area contributed by atoms with Crippen LogP contribution >= 0.6 is 23.8 Å². The number of alkyl halides is 3. The maximum absolute atomic E-state index is 13.1. The molecule has 0 saturated carbocycles. The van der Waals surface area contributed by atoms with Crippen LogP contribution in [0.1, 0.15) is 37.4 Å². The molecule has 0 radical (unpaired) electrons. The fourth-order valence-electron chi connectivity index (χ4n) is 3.23. The first-order valence-corrected chi connectivity index (χ1v) is 9.58. The predicted molar refractivity (Wildman–Crippen MR) is 111 cm³/mol. The summed E-state index contributed by atoms with van der Waals surface area (Å²) in [6, 6.07) is 8.88. The largest absolute Gasteiger partial charge is 0.497 e. The number of rotatable bonds is 3. The maximum Gasteiger partial charge on any atom is 0.417 e. The van der Waals surface area contributed by atoms with E-state index in [0.29, 0.717) is 17.9 Å². The molecule has 0 aromatic heterocycles. The van der Waals surface area contributed by atoms with E-state index in [1.54, 1.807) is 13.2 Å². The predicted octanol–water partition coefficient (Wildman–Crippen LogP) is 5.96. The molecule has 2 aromatic carbocycles. The number of ether oxygens (including phenoxy) is 2. The van der Waals surface area contributed by atoms with Crippen LogP contribution in [0.15, 0.2) is 36.4 Å². The molecule has 9 heteroatoms. The minimum absolute atomic E-state index is 0.186. The second-order valence-electron chi connectivity index (χ2n) is 7.31. The zero-order chi connectivity index (χ0) is 21.4. The zero-order valence-electron chi connectivity index (χ0n) is 16.0. The third-order valence-corrected chi connectivity index (χ3v) is 5.06. The van der Waals surface area contributed by atoms with Crippen molar-refractivity contribution in [2.45, 2.75) is 38.1 Å². The quantitative estimate of drug-likeness (QED) is 0.572. The molecule has 0 fully saturated rings. The Kier molecular flexibility index (Phi) is 5.87. The van der Waals surface area contributed by atoms with Crippen molar-refractivity contribution in [3.8, 4) is 11.5 Å². The fraction of sp³-hybridized carbons (Fsp3) is 0.350. The standard InChI is InChI=1S/C20H20ClF3N2O2S/c1-19(2)10-16(13-6-5-12(27-3)9-17(13)28-19)26-18(29)25-11-4-7-15(21)14(8-11)20(22,23)24/h4-9,16H,10H2,1-3H3,(H2,25,26,29). The van der Waals surface area contributed by atoms with Crippen LogP contribution in [0.25, 0.3) is 0 Å². The summed E-state index contributed by atoms with van der Waals surface area (Å²) in [4.78, 5) is 0. The molecule has 2 N–H and O–H groups in total. The van der Waals surface area contributed by atoms with Gasteiger partial charge in [-0.1, -0.05) is 11.6 Å². The van der Waals surface area contributed by atoms with E-state index < -0.39 is 17.3 Å². The Bertz CT molecular complexity index is 934. The van der Waals surface area contributed by atoms with E-state index >= 15 is 0 Å². The smallest absolute Gasteiger partial charge is 0.417 e. The van der Waals surface area contributed by atoms with Crippen LogP contribution in [0.5, 0.6) is 11.5 Å². The molecule has 0 spiro atoms. The van der Waals surface area contributed by atoms with E-state index in [1.807, 2.05) is 26.0 Å². The van der Waals surface area contributed by atoms with Crippen molar-refractivity contribution in [3.05, 3.63) is 52.5 Å². The van der Waals surface area contributed by atoms with Gasteiger partial charge in [0.15, 0.2) is 5.11 Å². The van der Waals surface area contributed by atoms with Gasteiger partial charge in [0.05, 0.1) is 23.7 Å². The van der Waals surface area contributed by atoms with Gasteiger partial charge in [-0.2, -0.15) is 13.2 Å². The molecule has 1 unspecified atom stereocenters. The van der Waals surface area contributed by atoms with Gasteiger partial charge in [-0.3, -0.25) is 0 Å². The van der Waals surface area contributed by atoms with Gasteiger partial charge in [-0.25, -0.2) is 0 Å². The highest BCUT2D eigenvalue weighted by Crippen LogP contribution is 2.41. The van der Waals surface area contributed by atoms with Gasteiger partial charge in [-0.05, 0) is 56.4 Å². The number of halogens is 4. The lowest BCUT2D eigenvalue weighted by Crippen LogP contribution is -2.42. The van der Waals surface area contributed by atoms with Crippen molar-refractivity contribution in [1.82, 2.24) is 5.32 Å². The highest BCUT2D eigenvalue weighted by molar-refractivity contribution is 7.80. The molecule has 1 aliphatic heterocycles. The summed E-state index contributed by atoms with van der Waals surface area (Å²) in [6.45, 7) is 3.91. The van der Waals surface area contributed by atoms with Gasteiger partial charge in [0.25, 0.3) is 0 Å². The van der Waals surface area contributed by atoms with Crippen molar-refractivity contribution in [1.29, 1.82) is 0 Å². The summed E-state index contributed by atoms with van der Waals surface area (Å²) >= 11 is 11.0. The summed E-state index contributed by atoms with van der Waals surface area (Å²) in [7, 11) is 1.58. The number of hydrogen-bond acceptors (Lipinski definition) is 3. The molecule has 2 aromatic rings. The lowest BCUT2D eigenvalue weighted by atomic mass is 9.89. The molecule has 3 rings (SSSR count). The third-order valence-electron chi connectivity index (χ3n) is 4.51. The summed E-state index contributed by atoms with van der Waals surface area (Å²) in [5, 5.41) is 5.81. The van der Waals surface area contributed by atoms with Crippen LogP contribution < -0.4 is 20.1 Å². The Morgan fingerprint density at radius 1 is 1.24 bits per heavy atom. The molecule has 1 heterocycles. The van der Waals surface area contributed by atoms with Gasteiger partial charge in [0.2, 0.25) is 0 Å². The van der Waals surface area contributed by atoms with Crippen molar-refractivity contribution in [3.63, 3.8) is 0 Å². The van der Waals surface area contributed by atoms with Gasteiger partial charge in [-0.15, -0.1) is 0 Å². The molecule has 0 aliphatic carbocycles. The highest BCUT2D eigenvalue weighted by Gasteiger charge is 2.35. The lowest BCUT2D eigenvalue weighted by molar-refractivity contribution is -0.137. The third kappa shape index (κ3) is 5.05. The fourth-order valence-corrected chi connectivity index (χ4v) is 3.72. The first-order valence-electron chi connectivity index (χ1n) is 8.80. The SMILES string of the molecule is COc1ccc2c(c1)OC(C)(C)CC2NC(=S)Nc1ccc(Cl)c(C(F)(F)F)c1. The number of nitrogens with one attached hydrogen (secondary N) is 2. The summed E-state index contributed by atoms with van der Waals surface area (Å²) in [5.41, 5.74) is -0.297. The molecule has 0 bridgehead atoms. The van der Waals surface area contributed by atoms with Gasteiger partial charge in [0.1, 0.15) is 17.1 Å². The molecular formula is C20H20ClF3N2O2S. The van der Waals surface area contributed by atoms with E-state index in [4.69, 9.17) is 33.3 Å². The average Bonchev–Trinajstić information content (AvgIpc) is 2.60. The topological polar surface area (TPSA) is 42.5 Å². The number of thiocarbonyl (C=S) groups is 1. The van der Waals surface area contributed by atoms with Crippen LogP contribution in [0.4, 0.5) is 18.9 Å². The minimum Gasteiger partial charge on any atom is -0.497 e. The molecule has 0 amide bonds. The summed E-state index contributed by atoms with van der Waals surface area (Å²) < 4.78 is 50.5. The van der Waals surface area contributed by atoms with E-state index in [-0.39, 0.29) is 21.9 Å². The second-order valence-corrected chi connectivity index (χ2v) is 8.13. The van der Waals surface area contributed by atoms with Crippen LogP contribution in [0.3, 0.4) is 0 Å². The Balaban J connectivity index is 1.79. The van der Waals surface area contributed by atoms with Crippen LogP contribution in [0, 0.1) is 0 Å². The number of anilines is 1. The van der Waals surface area contributed by atoms with Gasteiger partial charge in [0, 0.05) is 23.7 Å². The van der Waals surface area contributed by atoms with Gasteiger partial charge >= 0.3 is 6.18 Å². The Hall–Kier alpha value is -2.19. The molecule has 29 heavy (non-hydrogen) atoms. The number of hydrogen-bond donors (Lipinski definition) is 2. The normalized spacial score (nSPS) is 17.7. The number of benzene rings is 2. The molecule has 1 atom stereocenters. The van der Waals surface area contributed by atoms with Crippen molar-refractivity contribution < 1.29 is 22.6 Å². The molecule has 1 aliphatic rings. The maximum atomic E-state index is 13.1. The van der Waals surface area contributed by atoms with E-state index in [2.05, 4.69) is 10.6 Å². The van der Waals surface area contributed by atoms with Crippen molar-refractivity contribution in [2.24, 2.45) is 0 Å². The molecular weight excluding hydrogens is 425 g/mol. The van der Waals surface area contributed by atoms with Crippen LogP contribution in [-0.2, 0) is 6.18 Å². The summed E-state index contributed by atoms with van der Waals surface area (Å²) in [6.07, 6.45) is -3.94. The van der Waals surface area contributed by atoms with E-state index in [9.17, 15) is 13.2 Å². The summed E-state index contributed by atoms with van der Waals surface area (Å²) in [5.74, 6) is 1.34. The molecule has 156 valence electrons. The van der Waals surface area contributed by atoms with Crippen LogP contribution in [-0.4, -0.2) is 17.8 Å². The zero-order valence-corrected chi connectivity index (χ0v) is 17.6. The monoisotopic (exact) mass is 444 g/mol. The number of methoxy groups -OCH3 is 1. The van der Waals surface area contributed by atoms with E-state index in [0.717, 1.165) is 11.6 Å². The first-order chi connectivity index (χ1) is 13.5. The Morgan fingerprint density at radius 2 is 1.97 bits per heavy atom. The highest BCUT2D eigenvalue weighted by atomic mass is 35.5. The van der Waals surface area contributed by atoms with Crippen LogP contribution in [0.2, 0.25) is 5.02 Å². The lowest BCUT2D eigenvalue weighted by Gasteiger charge is -2.38. The Morgan fingerprint density at radius 3 is 2.62 bits per heavy atom. The Labute approximate surface area is 177 Å². The minimum atomic E-state index is -4.55. The van der Waals surface area contributed by atoms with Crippen molar-refractivity contribution in [2.75, 3.05) is 12.4 Å². The molecule has 4 nitrogen and oxygen atoms in total. The van der Waals surface area contributed by atoms with E-state index in [1.165, 1.54) is 12.1 Å². The van der Waals surface area contributed by atoms with Gasteiger partial charge < -0.3 is 20.1 Å². The molecule has 0 saturated heterocycles. The first kappa shape index (κ1) is 21.5.